The second-order valence-corrected chi connectivity index (χ2v) is 3.75. The lowest BCUT2D eigenvalue weighted by atomic mass is 9.81. The van der Waals surface area contributed by atoms with Crippen LogP contribution in [0.5, 0.6) is 0 Å². The molecule has 0 heterocycles. The molecule has 1 rings (SSSR count). The molecular formula is C10H16O. The minimum atomic E-state index is 0.380. The second-order valence-electron chi connectivity index (χ2n) is 3.75. The van der Waals surface area contributed by atoms with Gasteiger partial charge in [-0.3, -0.25) is 0 Å². The zero-order chi connectivity index (χ0) is 8.32. The van der Waals surface area contributed by atoms with Crippen LogP contribution in [-0.2, 0) is 4.74 Å². The van der Waals surface area contributed by atoms with Crippen molar-refractivity contribution in [2.75, 3.05) is 7.11 Å². The Labute approximate surface area is 68.8 Å². The predicted octanol–water partition coefficient (Wildman–Crippen LogP) is 2.89. The Morgan fingerprint density at radius 1 is 1.55 bits per heavy atom. The van der Waals surface area contributed by atoms with Crippen LogP contribution < -0.4 is 0 Å². The summed E-state index contributed by atoms with van der Waals surface area (Å²) in [4.78, 5) is 0. The van der Waals surface area contributed by atoms with Gasteiger partial charge in [-0.2, -0.15) is 0 Å². The van der Waals surface area contributed by atoms with E-state index >= 15 is 0 Å². The maximum atomic E-state index is 4.94. The smallest absolute Gasteiger partial charge is 0.0856 e. The number of rotatable bonds is 1. The third-order valence-electron chi connectivity index (χ3n) is 2.08. The van der Waals surface area contributed by atoms with E-state index in [2.05, 4.69) is 26.0 Å². The van der Waals surface area contributed by atoms with E-state index in [1.165, 1.54) is 12.0 Å². The Kier molecular flexibility index (Phi) is 2.38. The second kappa shape index (κ2) is 3.12. The Bertz CT molecular complexity index is 187. The van der Waals surface area contributed by atoms with Gasteiger partial charge in [0, 0.05) is 0 Å². The molecule has 0 fully saturated rings. The molecule has 0 aliphatic heterocycles. The first-order valence-electron chi connectivity index (χ1n) is 4.05. The first-order valence-corrected chi connectivity index (χ1v) is 4.05. The average molecular weight is 152 g/mol. The van der Waals surface area contributed by atoms with Crippen LogP contribution in [0, 0.1) is 5.41 Å². The van der Waals surface area contributed by atoms with Gasteiger partial charge in [-0.25, -0.2) is 0 Å². The van der Waals surface area contributed by atoms with E-state index in [1.54, 1.807) is 7.11 Å². The molecule has 0 spiro atoms. The highest BCUT2D eigenvalue weighted by Gasteiger charge is 2.17. The van der Waals surface area contributed by atoms with Crippen molar-refractivity contribution in [2.45, 2.75) is 26.7 Å². The first-order chi connectivity index (χ1) is 5.14. The van der Waals surface area contributed by atoms with Crippen molar-refractivity contribution in [3.8, 4) is 0 Å². The number of methoxy groups -OCH3 is 1. The standard InChI is InChI=1S/C10H16O/c1-10(2)6-4-9(5-7-10)8-11-3/h4,6,8H,5,7H2,1-3H3. The number of hydrogen-bond acceptors (Lipinski definition) is 1. The molecule has 0 radical (unpaired) electrons. The van der Waals surface area contributed by atoms with Gasteiger partial charge in [-0.05, 0) is 23.8 Å². The highest BCUT2D eigenvalue weighted by Crippen LogP contribution is 2.31. The van der Waals surface area contributed by atoms with Gasteiger partial charge >= 0.3 is 0 Å². The van der Waals surface area contributed by atoms with Crippen LogP contribution in [0.15, 0.2) is 24.0 Å². The normalized spacial score (nSPS) is 25.5. The monoisotopic (exact) mass is 152 g/mol. The minimum Gasteiger partial charge on any atom is -0.504 e. The number of hydrogen-bond donors (Lipinski definition) is 0. The van der Waals surface area contributed by atoms with Crippen molar-refractivity contribution >= 4 is 0 Å². The topological polar surface area (TPSA) is 9.23 Å². The first kappa shape index (κ1) is 8.38. The van der Waals surface area contributed by atoms with Gasteiger partial charge in [0.2, 0.25) is 0 Å². The minimum absolute atomic E-state index is 0.380. The van der Waals surface area contributed by atoms with Crippen molar-refractivity contribution < 1.29 is 4.74 Å². The highest BCUT2D eigenvalue weighted by atomic mass is 16.5. The molecule has 1 heteroatoms. The summed E-state index contributed by atoms with van der Waals surface area (Å²) in [6.07, 6.45) is 8.59. The summed E-state index contributed by atoms with van der Waals surface area (Å²) in [5, 5.41) is 0. The lowest BCUT2D eigenvalue weighted by molar-refractivity contribution is 0.329. The predicted molar refractivity (Wildman–Crippen MR) is 47.2 cm³/mol. The molecule has 0 aromatic heterocycles. The molecule has 0 bridgehead atoms. The van der Waals surface area contributed by atoms with Gasteiger partial charge in [0.15, 0.2) is 0 Å². The average Bonchev–Trinajstić information content (AvgIpc) is 1.94. The van der Waals surface area contributed by atoms with E-state index in [1.807, 2.05) is 6.26 Å². The van der Waals surface area contributed by atoms with E-state index in [0.29, 0.717) is 5.41 Å². The lowest BCUT2D eigenvalue weighted by Gasteiger charge is -2.24. The lowest BCUT2D eigenvalue weighted by Crippen LogP contribution is -2.11. The molecule has 0 aromatic rings. The van der Waals surface area contributed by atoms with E-state index < -0.39 is 0 Å². The van der Waals surface area contributed by atoms with Gasteiger partial charge in [-0.15, -0.1) is 0 Å². The molecule has 0 saturated heterocycles. The summed E-state index contributed by atoms with van der Waals surface area (Å²) in [6, 6.07) is 0. The van der Waals surface area contributed by atoms with Gasteiger partial charge in [0.1, 0.15) is 0 Å². The molecule has 11 heavy (non-hydrogen) atoms. The quantitative estimate of drug-likeness (QED) is 0.525. The highest BCUT2D eigenvalue weighted by molar-refractivity contribution is 5.22. The third kappa shape index (κ3) is 2.41. The summed E-state index contributed by atoms with van der Waals surface area (Å²) in [6.45, 7) is 4.51. The van der Waals surface area contributed by atoms with Crippen molar-refractivity contribution in [3.63, 3.8) is 0 Å². The van der Waals surface area contributed by atoms with Crippen molar-refractivity contribution in [2.24, 2.45) is 5.41 Å². The van der Waals surface area contributed by atoms with Crippen LogP contribution in [-0.4, -0.2) is 7.11 Å². The van der Waals surface area contributed by atoms with Crippen LogP contribution in [0.4, 0.5) is 0 Å². The molecule has 0 aromatic carbocycles. The van der Waals surface area contributed by atoms with Crippen molar-refractivity contribution in [1.82, 2.24) is 0 Å². The van der Waals surface area contributed by atoms with Crippen molar-refractivity contribution in [3.05, 3.63) is 24.0 Å². The Balaban J connectivity index is 2.63. The van der Waals surface area contributed by atoms with Gasteiger partial charge in [0.25, 0.3) is 0 Å². The maximum Gasteiger partial charge on any atom is 0.0856 e. The molecule has 0 N–H and O–H groups in total. The fourth-order valence-corrected chi connectivity index (χ4v) is 1.22. The zero-order valence-electron chi connectivity index (χ0n) is 7.55. The Morgan fingerprint density at radius 3 is 2.73 bits per heavy atom. The van der Waals surface area contributed by atoms with Crippen molar-refractivity contribution in [1.29, 1.82) is 0 Å². The zero-order valence-corrected chi connectivity index (χ0v) is 7.55. The van der Waals surface area contributed by atoms with E-state index in [9.17, 15) is 0 Å². The molecule has 0 saturated carbocycles. The molecule has 62 valence electrons. The summed E-state index contributed by atoms with van der Waals surface area (Å²) < 4.78 is 4.94. The summed E-state index contributed by atoms with van der Waals surface area (Å²) >= 11 is 0. The molecule has 1 aliphatic rings. The fourth-order valence-electron chi connectivity index (χ4n) is 1.22. The maximum absolute atomic E-state index is 4.94. The van der Waals surface area contributed by atoms with E-state index in [4.69, 9.17) is 4.74 Å². The Morgan fingerprint density at radius 2 is 2.27 bits per heavy atom. The molecule has 1 nitrogen and oxygen atoms in total. The number of ether oxygens (including phenoxy) is 1. The summed E-state index contributed by atoms with van der Waals surface area (Å²) in [5.74, 6) is 0. The molecule has 0 atom stereocenters. The van der Waals surface area contributed by atoms with Crippen LogP contribution in [0.2, 0.25) is 0 Å². The number of allylic oxidation sites excluding steroid dienone is 3. The molecule has 0 amide bonds. The van der Waals surface area contributed by atoms with Crippen LogP contribution in [0.3, 0.4) is 0 Å². The van der Waals surface area contributed by atoms with Crippen LogP contribution in [0.25, 0.3) is 0 Å². The van der Waals surface area contributed by atoms with E-state index in [-0.39, 0.29) is 0 Å². The third-order valence-corrected chi connectivity index (χ3v) is 2.08. The van der Waals surface area contributed by atoms with Crippen LogP contribution in [0.1, 0.15) is 26.7 Å². The van der Waals surface area contributed by atoms with E-state index in [0.717, 1.165) is 6.42 Å². The Hall–Kier alpha value is -0.720. The van der Waals surface area contributed by atoms with Crippen LogP contribution >= 0.6 is 0 Å². The molecule has 1 aliphatic carbocycles. The van der Waals surface area contributed by atoms with Gasteiger partial charge in [0.05, 0.1) is 13.4 Å². The molecular weight excluding hydrogens is 136 g/mol. The fraction of sp³-hybridized carbons (Fsp3) is 0.600. The SMILES string of the molecule is COC=C1C=CC(C)(C)CC1. The summed E-state index contributed by atoms with van der Waals surface area (Å²) in [5.41, 5.74) is 1.68. The van der Waals surface area contributed by atoms with Gasteiger partial charge < -0.3 is 4.74 Å². The molecule has 0 unspecified atom stereocenters. The summed E-state index contributed by atoms with van der Waals surface area (Å²) in [7, 11) is 1.70. The van der Waals surface area contributed by atoms with Gasteiger partial charge in [-0.1, -0.05) is 26.0 Å². The largest absolute Gasteiger partial charge is 0.504 e.